The summed E-state index contributed by atoms with van der Waals surface area (Å²) in [5.41, 5.74) is 2.38. The lowest BCUT2D eigenvalue weighted by molar-refractivity contribution is 0.0945. The number of aliphatic hydroxyl groups excluding tert-OH is 1. The molecule has 0 bridgehead atoms. The summed E-state index contributed by atoms with van der Waals surface area (Å²) in [5.74, 6) is 0.938. The molecule has 1 fully saturated rings. The van der Waals surface area contributed by atoms with E-state index in [1.54, 1.807) is 4.52 Å². The van der Waals surface area contributed by atoms with Crippen molar-refractivity contribution in [2.24, 2.45) is 0 Å². The van der Waals surface area contributed by atoms with E-state index in [-0.39, 0.29) is 18.5 Å². The van der Waals surface area contributed by atoms with Gasteiger partial charge in [-0.2, -0.15) is 4.52 Å². The number of rotatable bonds is 6. The molecule has 3 heterocycles. The van der Waals surface area contributed by atoms with Crippen LogP contribution in [0.2, 0.25) is 0 Å². The van der Waals surface area contributed by atoms with Crippen LogP contribution >= 0.6 is 11.3 Å². The van der Waals surface area contributed by atoms with Crippen LogP contribution in [0.1, 0.15) is 34.8 Å². The van der Waals surface area contributed by atoms with E-state index in [4.69, 9.17) is 0 Å². The van der Waals surface area contributed by atoms with E-state index in [0.717, 1.165) is 53.8 Å². The number of nitrogens with zero attached hydrogens (tertiary/aromatic N) is 5. The molecule has 0 radical (unpaired) electrons. The lowest BCUT2D eigenvalue weighted by atomic mass is 10.0. The van der Waals surface area contributed by atoms with E-state index in [0.29, 0.717) is 6.54 Å². The van der Waals surface area contributed by atoms with Crippen LogP contribution < -0.4 is 0 Å². The number of hydrogen-bond donors (Lipinski definition) is 2. The molecule has 4 rings (SSSR count). The van der Waals surface area contributed by atoms with Gasteiger partial charge in [0, 0.05) is 39.1 Å². The summed E-state index contributed by atoms with van der Waals surface area (Å²) < 4.78 is 1.57. The van der Waals surface area contributed by atoms with Gasteiger partial charge in [-0.1, -0.05) is 48.1 Å². The predicted octanol–water partition coefficient (Wildman–Crippen LogP) is 2.07. The van der Waals surface area contributed by atoms with Gasteiger partial charge in [-0.25, -0.2) is 4.98 Å². The fraction of sp³-hybridized carbons (Fsp3) is 0.500. The summed E-state index contributed by atoms with van der Waals surface area (Å²) in [6.07, 6.45) is 0.747. The van der Waals surface area contributed by atoms with E-state index in [1.807, 2.05) is 6.92 Å². The zero-order valence-corrected chi connectivity index (χ0v) is 17.2. The van der Waals surface area contributed by atoms with Crippen molar-refractivity contribution in [2.45, 2.75) is 26.3 Å². The van der Waals surface area contributed by atoms with E-state index in [1.165, 1.54) is 16.9 Å². The highest BCUT2D eigenvalue weighted by Crippen LogP contribution is 2.40. The lowest BCUT2D eigenvalue weighted by Crippen LogP contribution is -2.48. The number of aromatic nitrogens is 3. The zero-order valence-electron chi connectivity index (χ0n) is 16.4. The SMILES string of the molecule is CCc1nc2sc([C@H](c3ccc(C)cc3)N3CCN(CCO)CC3)c(O)n2n1. The van der Waals surface area contributed by atoms with Crippen molar-refractivity contribution in [3.05, 3.63) is 46.1 Å². The number of thiazole rings is 1. The van der Waals surface area contributed by atoms with Gasteiger partial charge in [0.2, 0.25) is 10.8 Å². The van der Waals surface area contributed by atoms with Crippen LogP contribution in [0.15, 0.2) is 24.3 Å². The van der Waals surface area contributed by atoms with Crippen molar-refractivity contribution in [3.8, 4) is 5.88 Å². The molecular weight excluding hydrogens is 374 g/mol. The number of aromatic hydroxyl groups is 1. The smallest absolute Gasteiger partial charge is 0.230 e. The zero-order chi connectivity index (χ0) is 19.7. The van der Waals surface area contributed by atoms with E-state index >= 15 is 0 Å². The Balaban J connectivity index is 1.70. The molecule has 28 heavy (non-hydrogen) atoms. The van der Waals surface area contributed by atoms with Crippen molar-refractivity contribution >= 4 is 16.3 Å². The molecular formula is C20H27N5O2S. The second-order valence-corrected chi connectivity index (χ2v) is 8.29. The van der Waals surface area contributed by atoms with Gasteiger partial charge >= 0.3 is 0 Å². The summed E-state index contributed by atoms with van der Waals surface area (Å²) in [6.45, 7) is 8.57. The highest BCUT2D eigenvalue weighted by atomic mass is 32.1. The van der Waals surface area contributed by atoms with Crippen molar-refractivity contribution in [2.75, 3.05) is 39.3 Å². The van der Waals surface area contributed by atoms with Crippen molar-refractivity contribution in [3.63, 3.8) is 0 Å². The molecule has 0 spiro atoms. The number of aryl methyl sites for hydroxylation is 2. The minimum Gasteiger partial charge on any atom is -0.492 e. The van der Waals surface area contributed by atoms with Crippen molar-refractivity contribution in [1.82, 2.24) is 24.4 Å². The molecule has 1 saturated heterocycles. The maximum atomic E-state index is 11.0. The van der Waals surface area contributed by atoms with Gasteiger partial charge in [0.1, 0.15) is 0 Å². The quantitative estimate of drug-likeness (QED) is 0.659. The fourth-order valence-corrected chi connectivity index (χ4v) is 4.92. The van der Waals surface area contributed by atoms with Crippen LogP contribution in [0.25, 0.3) is 4.96 Å². The molecule has 2 aromatic heterocycles. The van der Waals surface area contributed by atoms with Gasteiger partial charge in [-0.15, -0.1) is 5.10 Å². The minimum atomic E-state index is -0.0320. The van der Waals surface area contributed by atoms with Gasteiger partial charge in [0.25, 0.3) is 0 Å². The van der Waals surface area contributed by atoms with E-state index in [9.17, 15) is 10.2 Å². The van der Waals surface area contributed by atoms with Crippen LogP contribution in [0.4, 0.5) is 0 Å². The van der Waals surface area contributed by atoms with Crippen molar-refractivity contribution in [1.29, 1.82) is 0 Å². The maximum absolute atomic E-state index is 11.0. The second-order valence-electron chi connectivity index (χ2n) is 7.28. The first-order chi connectivity index (χ1) is 13.6. The number of piperazine rings is 1. The molecule has 0 amide bonds. The van der Waals surface area contributed by atoms with Crippen LogP contribution in [0, 0.1) is 6.92 Å². The van der Waals surface area contributed by atoms with Gasteiger partial charge in [-0.3, -0.25) is 9.80 Å². The molecule has 1 aliphatic heterocycles. The molecule has 3 aromatic rings. The molecule has 1 aliphatic rings. The maximum Gasteiger partial charge on any atom is 0.230 e. The number of benzene rings is 1. The summed E-state index contributed by atoms with van der Waals surface area (Å²) in [6, 6.07) is 8.50. The molecule has 0 unspecified atom stereocenters. The molecule has 1 aromatic carbocycles. The molecule has 0 saturated carbocycles. The third kappa shape index (κ3) is 3.65. The first-order valence-electron chi connectivity index (χ1n) is 9.81. The Hall–Kier alpha value is -2.00. The number of aliphatic hydroxyl groups is 1. The van der Waals surface area contributed by atoms with E-state index < -0.39 is 0 Å². The van der Waals surface area contributed by atoms with Gasteiger partial charge in [0.05, 0.1) is 17.5 Å². The Morgan fingerprint density at radius 1 is 1.14 bits per heavy atom. The third-order valence-electron chi connectivity index (χ3n) is 5.39. The second kappa shape index (κ2) is 8.16. The Bertz CT molecular complexity index is 928. The first-order valence-corrected chi connectivity index (χ1v) is 10.6. The lowest BCUT2D eigenvalue weighted by Gasteiger charge is -2.39. The van der Waals surface area contributed by atoms with Crippen LogP contribution in [0.5, 0.6) is 5.88 Å². The van der Waals surface area contributed by atoms with Gasteiger partial charge in [-0.05, 0) is 12.5 Å². The summed E-state index contributed by atoms with van der Waals surface area (Å²) in [4.78, 5) is 10.8. The van der Waals surface area contributed by atoms with Crippen LogP contribution in [-0.2, 0) is 6.42 Å². The number of β-amino-alcohol motifs (C(OH)–C–C–N with tert-alkyl or cyclic N) is 1. The normalized spacial score (nSPS) is 17.4. The average molecular weight is 402 g/mol. The van der Waals surface area contributed by atoms with E-state index in [2.05, 4.69) is 51.1 Å². The predicted molar refractivity (Wildman–Crippen MR) is 110 cm³/mol. The third-order valence-corrected chi connectivity index (χ3v) is 6.46. The largest absolute Gasteiger partial charge is 0.492 e. The minimum absolute atomic E-state index is 0.0320. The Morgan fingerprint density at radius 2 is 1.86 bits per heavy atom. The molecule has 0 aliphatic carbocycles. The molecule has 1 atom stereocenters. The topological polar surface area (TPSA) is 77.1 Å². The summed E-state index contributed by atoms with van der Waals surface area (Å²) >= 11 is 1.52. The Labute approximate surface area is 168 Å². The van der Waals surface area contributed by atoms with Crippen LogP contribution in [-0.4, -0.2) is 73.9 Å². The molecule has 7 nitrogen and oxygen atoms in total. The summed E-state index contributed by atoms with van der Waals surface area (Å²) in [7, 11) is 0. The van der Waals surface area contributed by atoms with Gasteiger partial charge < -0.3 is 10.2 Å². The van der Waals surface area contributed by atoms with Gasteiger partial charge in [0.15, 0.2) is 5.82 Å². The first kappa shape index (κ1) is 19.3. The summed E-state index contributed by atoms with van der Waals surface area (Å²) in [5, 5.41) is 24.6. The Kier molecular flexibility index (Phi) is 5.63. The standard InChI is InChI=1S/C20H27N5O2S/c1-3-16-21-20-25(22-16)19(27)18(28-20)17(15-6-4-14(2)5-7-15)24-10-8-23(9-11-24)12-13-26/h4-7,17,26-27H,3,8-13H2,1-2H3/t17-/m0/s1. The number of fused-ring (bicyclic) bond motifs is 1. The highest BCUT2D eigenvalue weighted by Gasteiger charge is 2.31. The number of hydrogen-bond acceptors (Lipinski definition) is 7. The molecule has 150 valence electrons. The van der Waals surface area contributed by atoms with Crippen LogP contribution in [0.3, 0.4) is 0 Å². The Morgan fingerprint density at radius 3 is 2.46 bits per heavy atom. The monoisotopic (exact) mass is 401 g/mol. The van der Waals surface area contributed by atoms with Crippen molar-refractivity contribution < 1.29 is 10.2 Å². The fourth-order valence-electron chi connectivity index (χ4n) is 3.78. The molecule has 8 heteroatoms. The molecule has 2 N–H and O–H groups in total. The highest BCUT2D eigenvalue weighted by molar-refractivity contribution is 7.17. The average Bonchev–Trinajstić information content (AvgIpc) is 3.24.